The molecule has 1 amide bonds. The lowest BCUT2D eigenvalue weighted by Crippen LogP contribution is -2.54. The molecule has 0 radical (unpaired) electrons. The lowest BCUT2D eigenvalue weighted by molar-refractivity contribution is -0.122. The number of hydrogen-bond acceptors (Lipinski definition) is 4. The number of nitrogens with one attached hydrogen (secondary N) is 2. The van der Waals surface area contributed by atoms with Crippen molar-refractivity contribution in [1.82, 2.24) is 0 Å². The minimum Gasteiger partial charge on any atom is -0.493 e. The minimum absolute atomic E-state index is 0.0637. The van der Waals surface area contributed by atoms with E-state index in [1.54, 1.807) is 20.3 Å². The predicted molar refractivity (Wildman–Crippen MR) is 82.2 cm³/mol. The fraction of sp³-hybridized carbons (Fsp3) is 0.562. The van der Waals surface area contributed by atoms with E-state index in [0.29, 0.717) is 17.4 Å². The van der Waals surface area contributed by atoms with E-state index in [1.165, 1.54) is 6.42 Å². The summed E-state index contributed by atoms with van der Waals surface area (Å²) in [5, 5.41) is 6.50. The van der Waals surface area contributed by atoms with E-state index in [2.05, 4.69) is 17.6 Å². The zero-order valence-corrected chi connectivity index (χ0v) is 12.8. The normalized spacial score (nSPS) is 27.6. The summed E-state index contributed by atoms with van der Waals surface area (Å²) in [6, 6.07) is 3.70. The summed E-state index contributed by atoms with van der Waals surface area (Å²) >= 11 is 0. The number of fused-ring (bicyclic) bond motifs is 1. The van der Waals surface area contributed by atoms with Crippen molar-refractivity contribution in [3.05, 3.63) is 12.1 Å². The van der Waals surface area contributed by atoms with Crippen molar-refractivity contribution >= 4 is 17.3 Å². The molecule has 1 aromatic carbocycles. The van der Waals surface area contributed by atoms with Crippen molar-refractivity contribution in [3.63, 3.8) is 0 Å². The maximum absolute atomic E-state index is 12.6. The number of methoxy groups -OCH3 is 2. The first-order valence-electron chi connectivity index (χ1n) is 7.43. The van der Waals surface area contributed by atoms with Crippen molar-refractivity contribution in [2.75, 3.05) is 24.9 Å². The summed E-state index contributed by atoms with van der Waals surface area (Å²) < 4.78 is 10.6. The molecule has 1 spiro atoms. The third-order valence-corrected chi connectivity index (χ3v) is 4.58. The standard InChI is InChI=1S/C16H22N2O3/c1-10-5-4-6-16(9-10)15(19)17-11-7-13(20-2)14(21-3)8-12(11)18-16/h7-8,10,18H,4-6,9H2,1-3H3,(H,17,19). The molecule has 2 N–H and O–H groups in total. The molecule has 5 nitrogen and oxygen atoms in total. The molecule has 1 aliphatic carbocycles. The van der Waals surface area contributed by atoms with Gasteiger partial charge in [0.1, 0.15) is 5.54 Å². The molecule has 1 heterocycles. The van der Waals surface area contributed by atoms with Gasteiger partial charge in [0.2, 0.25) is 5.91 Å². The first-order valence-corrected chi connectivity index (χ1v) is 7.43. The topological polar surface area (TPSA) is 59.6 Å². The average molecular weight is 290 g/mol. The molecular weight excluding hydrogens is 268 g/mol. The van der Waals surface area contributed by atoms with Gasteiger partial charge in [-0.2, -0.15) is 0 Å². The van der Waals surface area contributed by atoms with Crippen molar-refractivity contribution in [2.24, 2.45) is 5.92 Å². The molecule has 2 atom stereocenters. The molecule has 0 aromatic heterocycles. The third-order valence-electron chi connectivity index (χ3n) is 4.58. The van der Waals surface area contributed by atoms with Gasteiger partial charge < -0.3 is 20.1 Å². The molecular formula is C16H22N2O3. The molecule has 114 valence electrons. The smallest absolute Gasteiger partial charge is 0.250 e. The minimum atomic E-state index is -0.482. The molecule has 0 bridgehead atoms. The van der Waals surface area contributed by atoms with E-state index >= 15 is 0 Å². The average Bonchev–Trinajstić information content (AvgIpc) is 2.47. The van der Waals surface area contributed by atoms with Gasteiger partial charge in [-0.05, 0) is 18.8 Å². The van der Waals surface area contributed by atoms with Gasteiger partial charge in [-0.3, -0.25) is 4.79 Å². The van der Waals surface area contributed by atoms with Crippen LogP contribution >= 0.6 is 0 Å². The van der Waals surface area contributed by atoms with Crippen LogP contribution in [0.25, 0.3) is 0 Å². The second kappa shape index (κ2) is 5.13. The number of rotatable bonds is 2. The van der Waals surface area contributed by atoms with Gasteiger partial charge in [0.25, 0.3) is 0 Å². The van der Waals surface area contributed by atoms with Gasteiger partial charge in [-0.25, -0.2) is 0 Å². The van der Waals surface area contributed by atoms with E-state index < -0.39 is 5.54 Å². The lowest BCUT2D eigenvalue weighted by atomic mass is 9.74. The summed E-state index contributed by atoms with van der Waals surface area (Å²) in [5.41, 5.74) is 1.17. The molecule has 1 aliphatic heterocycles. The molecule has 1 fully saturated rings. The highest BCUT2D eigenvalue weighted by Crippen LogP contribution is 2.44. The van der Waals surface area contributed by atoms with Crippen molar-refractivity contribution in [1.29, 1.82) is 0 Å². The van der Waals surface area contributed by atoms with Gasteiger partial charge in [-0.15, -0.1) is 0 Å². The quantitative estimate of drug-likeness (QED) is 0.879. The fourth-order valence-corrected chi connectivity index (χ4v) is 3.51. The van der Waals surface area contributed by atoms with Crippen molar-refractivity contribution in [2.45, 2.75) is 38.1 Å². The van der Waals surface area contributed by atoms with Crippen molar-refractivity contribution in [3.8, 4) is 11.5 Å². The Balaban J connectivity index is 1.98. The number of carbonyl (C=O) groups excluding carboxylic acids is 1. The number of ether oxygens (including phenoxy) is 2. The second-order valence-corrected chi connectivity index (χ2v) is 6.12. The number of benzene rings is 1. The van der Waals surface area contributed by atoms with Gasteiger partial charge in [0, 0.05) is 12.1 Å². The zero-order chi connectivity index (χ0) is 15.0. The van der Waals surface area contributed by atoms with Gasteiger partial charge in [-0.1, -0.05) is 19.8 Å². The van der Waals surface area contributed by atoms with E-state index in [-0.39, 0.29) is 5.91 Å². The molecule has 0 saturated heterocycles. The highest BCUT2D eigenvalue weighted by molar-refractivity contribution is 6.06. The van der Waals surface area contributed by atoms with E-state index in [9.17, 15) is 4.79 Å². The molecule has 5 heteroatoms. The van der Waals surface area contributed by atoms with E-state index in [4.69, 9.17) is 9.47 Å². The number of anilines is 2. The highest BCUT2D eigenvalue weighted by Gasteiger charge is 2.44. The van der Waals surface area contributed by atoms with Crippen LogP contribution in [0.5, 0.6) is 11.5 Å². The molecule has 21 heavy (non-hydrogen) atoms. The van der Waals surface area contributed by atoms with Crippen LogP contribution in [0.2, 0.25) is 0 Å². The molecule has 3 rings (SSSR count). The second-order valence-electron chi connectivity index (χ2n) is 6.12. The largest absolute Gasteiger partial charge is 0.493 e. The van der Waals surface area contributed by atoms with Crippen LogP contribution in [0.15, 0.2) is 12.1 Å². The maximum atomic E-state index is 12.6. The van der Waals surface area contributed by atoms with Crippen LogP contribution in [0.3, 0.4) is 0 Å². The monoisotopic (exact) mass is 290 g/mol. The first-order chi connectivity index (χ1) is 10.1. The molecule has 1 aromatic rings. The highest BCUT2D eigenvalue weighted by atomic mass is 16.5. The Labute approximate surface area is 125 Å². The summed E-state index contributed by atoms with van der Waals surface area (Å²) in [4.78, 5) is 12.6. The van der Waals surface area contributed by atoms with Crippen LogP contribution < -0.4 is 20.1 Å². The molecule has 2 aliphatic rings. The van der Waals surface area contributed by atoms with Gasteiger partial charge >= 0.3 is 0 Å². The Morgan fingerprint density at radius 2 is 1.86 bits per heavy atom. The molecule has 2 unspecified atom stereocenters. The van der Waals surface area contributed by atoms with Gasteiger partial charge in [0.15, 0.2) is 11.5 Å². The van der Waals surface area contributed by atoms with Crippen LogP contribution in [0, 0.1) is 5.92 Å². The maximum Gasteiger partial charge on any atom is 0.250 e. The molecule has 1 saturated carbocycles. The Bertz CT molecular complexity index is 573. The number of amides is 1. The summed E-state index contributed by atoms with van der Waals surface area (Å²) in [5.74, 6) is 1.90. The zero-order valence-electron chi connectivity index (χ0n) is 12.8. The van der Waals surface area contributed by atoms with Gasteiger partial charge in [0.05, 0.1) is 25.6 Å². The first kappa shape index (κ1) is 14.0. The van der Waals surface area contributed by atoms with Crippen LogP contribution in [-0.4, -0.2) is 25.7 Å². The SMILES string of the molecule is COc1cc2c(cc1OC)NC1(CCCC(C)C1)C(=O)N2. The Morgan fingerprint density at radius 1 is 1.19 bits per heavy atom. The van der Waals surface area contributed by atoms with Crippen LogP contribution in [0.4, 0.5) is 11.4 Å². The predicted octanol–water partition coefficient (Wildman–Crippen LogP) is 3.02. The number of hydrogen-bond donors (Lipinski definition) is 2. The van der Waals surface area contributed by atoms with Crippen LogP contribution in [0.1, 0.15) is 32.6 Å². The lowest BCUT2D eigenvalue weighted by Gasteiger charge is -2.43. The summed E-state index contributed by atoms with van der Waals surface area (Å²) in [6.45, 7) is 2.21. The fourth-order valence-electron chi connectivity index (χ4n) is 3.51. The van der Waals surface area contributed by atoms with Crippen LogP contribution in [-0.2, 0) is 4.79 Å². The Hall–Kier alpha value is -1.91. The summed E-state index contributed by atoms with van der Waals surface area (Å²) in [7, 11) is 3.21. The summed E-state index contributed by atoms with van der Waals surface area (Å²) in [6.07, 6.45) is 4.00. The van der Waals surface area contributed by atoms with E-state index in [0.717, 1.165) is 30.6 Å². The van der Waals surface area contributed by atoms with E-state index in [1.807, 2.05) is 6.07 Å². The number of carbonyl (C=O) groups is 1. The Morgan fingerprint density at radius 3 is 2.48 bits per heavy atom. The van der Waals surface area contributed by atoms with Crippen molar-refractivity contribution < 1.29 is 14.3 Å². The third kappa shape index (κ3) is 2.30. The Kier molecular flexibility index (Phi) is 3.43.